The normalized spacial score (nSPS) is 13.0. The van der Waals surface area contributed by atoms with Crippen molar-refractivity contribution in [3.63, 3.8) is 0 Å². The molecule has 2 aromatic rings. The van der Waals surface area contributed by atoms with Gasteiger partial charge in [0.25, 0.3) is 0 Å². The number of hydrogen-bond acceptors (Lipinski definition) is 5. The number of hydrogen-bond donors (Lipinski definition) is 3. The summed E-state index contributed by atoms with van der Waals surface area (Å²) in [6.07, 6.45) is 0.549. The van der Waals surface area contributed by atoms with E-state index in [4.69, 9.17) is 9.84 Å². The fraction of sp³-hybridized carbons (Fsp3) is 0.450. The van der Waals surface area contributed by atoms with Crippen LogP contribution in [0.1, 0.15) is 44.6 Å². The van der Waals surface area contributed by atoms with Crippen LogP contribution in [-0.4, -0.2) is 22.7 Å². The Balaban J connectivity index is 2.04. The quantitative estimate of drug-likeness (QED) is 0.554. The van der Waals surface area contributed by atoms with Crippen molar-refractivity contribution in [2.24, 2.45) is 0 Å². The molecule has 142 valence electrons. The van der Waals surface area contributed by atoms with Gasteiger partial charge in [0.2, 0.25) is 0 Å². The van der Waals surface area contributed by atoms with Gasteiger partial charge in [-0.2, -0.15) is 0 Å². The molecular formula is C20H27NO3S2. The monoisotopic (exact) mass is 393 g/mol. The molecule has 26 heavy (non-hydrogen) atoms. The predicted octanol–water partition coefficient (Wildman–Crippen LogP) is 4.97. The molecule has 0 radical (unpaired) electrons. The molecule has 1 atom stereocenters. The lowest BCUT2D eigenvalue weighted by atomic mass is 10.1. The van der Waals surface area contributed by atoms with Crippen LogP contribution in [0.3, 0.4) is 0 Å². The van der Waals surface area contributed by atoms with Crippen molar-refractivity contribution in [1.29, 1.82) is 0 Å². The number of carboxylic acid groups (broad SMARTS) is 1. The Bertz CT molecular complexity index is 733. The first kappa shape index (κ1) is 21.0. The summed E-state index contributed by atoms with van der Waals surface area (Å²) in [6, 6.07) is 9.83. The molecule has 0 aliphatic heterocycles. The van der Waals surface area contributed by atoms with Crippen LogP contribution >= 0.6 is 24.0 Å². The zero-order valence-corrected chi connectivity index (χ0v) is 17.4. The Kier molecular flexibility index (Phi) is 7.29. The van der Waals surface area contributed by atoms with Crippen LogP contribution in [0.15, 0.2) is 35.2 Å². The molecule has 2 rings (SSSR count). The molecule has 1 aromatic carbocycles. The zero-order chi connectivity index (χ0) is 19.3. The highest BCUT2D eigenvalue weighted by Gasteiger charge is 2.16. The molecule has 1 heterocycles. The van der Waals surface area contributed by atoms with Gasteiger partial charge < -0.3 is 9.84 Å². The topological polar surface area (TPSA) is 58.6 Å². The number of carboxylic acids is 1. The van der Waals surface area contributed by atoms with E-state index < -0.39 is 12.0 Å². The van der Waals surface area contributed by atoms with E-state index in [2.05, 4.69) is 42.2 Å². The van der Waals surface area contributed by atoms with E-state index in [0.29, 0.717) is 19.6 Å². The first-order chi connectivity index (χ1) is 12.2. The highest BCUT2D eigenvalue weighted by atomic mass is 32.1. The van der Waals surface area contributed by atoms with E-state index >= 15 is 0 Å². The second-order valence-electron chi connectivity index (χ2n) is 7.20. The molecule has 1 aromatic heterocycles. The van der Waals surface area contributed by atoms with Gasteiger partial charge in [-0.3, -0.25) is 10.1 Å². The minimum absolute atomic E-state index is 0.151. The fourth-order valence-electron chi connectivity index (χ4n) is 2.38. The summed E-state index contributed by atoms with van der Waals surface area (Å²) in [4.78, 5) is 14.2. The van der Waals surface area contributed by atoms with E-state index in [-0.39, 0.29) is 5.60 Å². The van der Waals surface area contributed by atoms with Gasteiger partial charge in [-0.05, 0) is 44.4 Å². The number of nitrogens with one attached hydrogen (secondary N) is 1. The van der Waals surface area contributed by atoms with E-state index in [1.54, 1.807) is 11.3 Å². The predicted molar refractivity (Wildman–Crippen MR) is 110 cm³/mol. The van der Waals surface area contributed by atoms with Crippen LogP contribution in [-0.2, 0) is 22.7 Å². The molecule has 0 bridgehead atoms. The maximum absolute atomic E-state index is 11.1. The van der Waals surface area contributed by atoms with Crippen LogP contribution in [0.5, 0.6) is 0 Å². The number of thiophene rings is 1. The average Bonchev–Trinajstić information content (AvgIpc) is 2.94. The largest absolute Gasteiger partial charge is 0.480 e. The third kappa shape index (κ3) is 6.13. The van der Waals surface area contributed by atoms with Crippen LogP contribution in [0, 0.1) is 0 Å². The average molecular weight is 394 g/mol. The fourth-order valence-corrected chi connectivity index (χ4v) is 3.82. The third-order valence-corrected chi connectivity index (χ3v) is 5.65. The lowest BCUT2D eigenvalue weighted by Crippen LogP contribution is -2.35. The lowest BCUT2D eigenvalue weighted by Gasteiger charge is -2.19. The second kappa shape index (κ2) is 9.04. The molecule has 4 nitrogen and oxygen atoms in total. The standard InChI is InChI=1S/C20H27NO3S2/c1-5-15(19(22)23)21-11-18-16(25)10-17(26-18)14-8-6-13(7-9-14)12-24-20(2,3)4/h6-10,15,21,25H,5,11-12H2,1-4H3,(H,22,23). The Morgan fingerprint density at radius 2 is 1.96 bits per heavy atom. The van der Waals surface area contributed by atoms with Crippen LogP contribution in [0.2, 0.25) is 0 Å². The van der Waals surface area contributed by atoms with E-state index in [0.717, 1.165) is 25.8 Å². The van der Waals surface area contributed by atoms with Gasteiger partial charge in [0.15, 0.2) is 0 Å². The summed E-state index contributed by atoms with van der Waals surface area (Å²) in [7, 11) is 0. The Hall–Kier alpha value is -1.34. The molecule has 0 saturated carbocycles. The molecule has 0 amide bonds. The van der Waals surface area contributed by atoms with Gasteiger partial charge in [0, 0.05) is 21.2 Å². The van der Waals surface area contributed by atoms with Gasteiger partial charge in [0.1, 0.15) is 6.04 Å². The van der Waals surface area contributed by atoms with Gasteiger partial charge in [-0.15, -0.1) is 24.0 Å². The second-order valence-corrected chi connectivity index (χ2v) is 8.82. The molecule has 6 heteroatoms. The van der Waals surface area contributed by atoms with Crippen LogP contribution in [0.4, 0.5) is 0 Å². The van der Waals surface area contributed by atoms with Crippen molar-refractivity contribution in [3.05, 3.63) is 40.8 Å². The molecule has 0 fully saturated rings. The molecule has 1 unspecified atom stereocenters. The van der Waals surface area contributed by atoms with Crippen LogP contribution in [0.25, 0.3) is 10.4 Å². The Labute approximate surface area is 165 Å². The number of ether oxygens (including phenoxy) is 1. The third-order valence-electron chi connectivity index (χ3n) is 3.91. The maximum Gasteiger partial charge on any atom is 0.320 e. The van der Waals surface area contributed by atoms with Crippen molar-refractivity contribution in [2.75, 3.05) is 0 Å². The van der Waals surface area contributed by atoms with Gasteiger partial charge >= 0.3 is 5.97 Å². The summed E-state index contributed by atoms with van der Waals surface area (Å²) in [5, 5.41) is 12.2. The molecular weight excluding hydrogens is 366 g/mol. The summed E-state index contributed by atoms with van der Waals surface area (Å²) in [5.74, 6) is -0.821. The number of thiol groups is 1. The summed E-state index contributed by atoms with van der Waals surface area (Å²) >= 11 is 6.18. The highest BCUT2D eigenvalue weighted by Crippen LogP contribution is 2.33. The maximum atomic E-state index is 11.1. The smallest absolute Gasteiger partial charge is 0.320 e. The Morgan fingerprint density at radius 1 is 1.31 bits per heavy atom. The van der Waals surface area contributed by atoms with Gasteiger partial charge in [-0.25, -0.2) is 0 Å². The van der Waals surface area contributed by atoms with Crippen molar-refractivity contribution >= 4 is 29.9 Å². The van der Waals surface area contributed by atoms with E-state index in [9.17, 15) is 4.79 Å². The first-order valence-corrected chi connectivity index (χ1v) is 9.97. The SMILES string of the molecule is CCC(NCc1sc(-c2ccc(COC(C)(C)C)cc2)cc1S)C(=O)O. The molecule has 0 spiro atoms. The Morgan fingerprint density at radius 3 is 2.50 bits per heavy atom. The van der Waals surface area contributed by atoms with Crippen molar-refractivity contribution in [3.8, 4) is 10.4 Å². The lowest BCUT2D eigenvalue weighted by molar-refractivity contribution is -0.139. The molecule has 0 saturated heterocycles. The number of rotatable bonds is 8. The minimum atomic E-state index is -0.821. The minimum Gasteiger partial charge on any atom is -0.480 e. The zero-order valence-electron chi connectivity index (χ0n) is 15.7. The van der Waals surface area contributed by atoms with Crippen molar-refractivity contribution in [2.45, 2.75) is 63.8 Å². The summed E-state index contributed by atoms with van der Waals surface area (Å²) < 4.78 is 5.80. The van der Waals surface area contributed by atoms with Crippen molar-refractivity contribution < 1.29 is 14.6 Å². The summed E-state index contributed by atoms with van der Waals surface area (Å²) in [6.45, 7) is 9.09. The first-order valence-electron chi connectivity index (χ1n) is 8.70. The number of benzene rings is 1. The van der Waals surface area contributed by atoms with Gasteiger partial charge in [-0.1, -0.05) is 31.2 Å². The number of aliphatic carboxylic acids is 1. The molecule has 2 N–H and O–H groups in total. The summed E-state index contributed by atoms with van der Waals surface area (Å²) in [5.41, 5.74) is 2.11. The van der Waals surface area contributed by atoms with Crippen LogP contribution < -0.4 is 5.32 Å². The number of carbonyl (C=O) groups is 1. The van der Waals surface area contributed by atoms with Gasteiger partial charge in [0.05, 0.1) is 12.2 Å². The molecule has 0 aliphatic carbocycles. The molecule has 0 aliphatic rings. The van der Waals surface area contributed by atoms with E-state index in [1.807, 2.05) is 33.8 Å². The van der Waals surface area contributed by atoms with E-state index in [1.165, 1.54) is 0 Å². The van der Waals surface area contributed by atoms with Crippen molar-refractivity contribution in [1.82, 2.24) is 5.32 Å². The highest BCUT2D eigenvalue weighted by molar-refractivity contribution is 7.80.